The lowest BCUT2D eigenvalue weighted by Gasteiger charge is -2.36. The molecule has 4 aliphatic rings. The molecule has 10 heteroatoms. The summed E-state index contributed by atoms with van der Waals surface area (Å²) in [6.45, 7) is 3.94. The van der Waals surface area contributed by atoms with E-state index in [9.17, 15) is 24.5 Å². The van der Waals surface area contributed by atoms with Gasteiger partial charge < -0.3 is 5.32 Å². The largest absolute Gasteiger partial charge is 0.324 e. The summed E-state index contributed by atoms with van der Waals surface area (Å²) in [7, 11) is 0. The van der Waals surface area contributed by atoms with Gasteiger partial charge in [-0.15, -0.1) is 0 Å². The molecule has 9 nitrogen and oxygen atoms in total. The summed E-state index contributed by atoms with van der Waals surface area (Å²) in [5, 5.41) is 14.9. The zero-order chi connectivity index (χ0) is 24.1. The Kier molecular flexibility index (Phi) is 4.29. The number of hydrogen-bond acceptors (Lipinski definition) is 6. The Labute approximate surface area is 199 Å². The normalized spacial score (nSPS) is 29.6. The Morgan fingerprint density at radius 3 is 2.62 bits per heavy atom. The van der Waals surface area contributed by atoms with Crippen LogP contribution in [0.15, 0.2) is 30.3 Å². The van der Waals surface area contributed by atoms with Gasteiger partial charge in [-0.25, -0.2) is 4.90 Å². The number of anilines is 2. The van der Waals surface area contributed by atoms with Crippen molar-refractivity contribution < 1.29 is 19.3 Å². The number of halogens is 1. The number of nitro groups is 1. The number of rotatable bonds is 2. The molecule has 6 rings (SSSR count). The number of nitrogens with one attached hydrogen (secondary N) is 1. The summed E-state index contributed by atoms with van der Waals surface area (Å²) in [6.07, 6.45) is 1.50. The highest BCUT2D eigenvalue weighted by molar-refractivity contribution is 6.32. The first-order chi connectivity index (χ1) is 16.2. The van der Waals surface area contributed by atoms with Gasteiger partial charge in [0.2, 0.25) is 17.7 Å². The third-order valence-electron chi connectivity index (χ3n) is 8.08. The third-order valence-corrected chi connectivity index (χ3v) is 8.49. The minimum Gasteiger partial charge on any atom is -0.324 e. The van der Waals surface area contributed by atoms with Gasteiger partial charge in [0.1, 0.15) is 5.54 Å². The Morgan fingerprint density at radius 1 is 1.12 bits per heavy atom. The molecule has 4 heterocycles. The number of nitrogens with zero attached hydrogens (tertiary/aromatic N) is 3. The first-order valence-corrected chi connectivity index (χ1v) is 11.6. The van der Waals surface area contributed by atoms with Gasteiger partial charge in [-0.1, -0.05) is 23.7 Å². The molecule has 34 heavy (non-hydrogen) atoms. The number of hydrogen-bond donors (Lipinski definition) is 1. The molecule has 4 atom stereocenters. The van der Waals surface area contributed by atoms with Crippen molar-refractivity contribution in [3.8, 4) is 0 Å². The van der Waals surface area contributed by atoms with Gasteiger partial charge in [-0.2, -0.15) is 0 Å². The second kappa shape index (κ2) is 6.86. The number of imide groups is 1. The summed E-state index contributed by atoms with van der Waals surface area (Å²) in [5.41, 5.74) is 0.932. The number of benzene rings is 2. The van der Waals surface area contributed by atoms with E-state index in [1.807, 2.05) is 11.8 Å². The second-order valence-corrected chi connectivity index (χ2v) is 9.82. The van der Waals surface area contributed by atoms with Crippen molar-refractivity contribution >= 4 is 46.4 Å². The number of nitro benzene ring substituents is 1. The van der Waals surface area contributed by atoms with Crippen LogP contribution in [-0.2, 0) is 19.9 Å². The van der Waals surface area contributed by atoms with E-state index >= 15 is 0 Å². The lowest BCUT2D eigenvalue weighted by molar-refractivity contribution is -0.385. The minimum atomic E-state index is -1.31. The standard InChI is InChI=1S/C24H21ClN4O5/c1-11-14(25)9-8-13-20(11)26-23(32)24(13)19-18(17-7-4-10-27(17)24)21(30)28(22(19)31)15-5-3-6-16(12(15)2)29(33)34/h3,5-6,8-9,17-19H,4,7,10H2,1-2H3,(H,26,32). The predicted molar refractivity (Wildman–Crippen MR) is 124 cm³/mol. The number of carbonyl (C=O) groups is 3. The molecule has 0 bridgehead atoms. The van der Waals surface area contributed by atoms with Crippen LogP contribution in [0.4, 0.5) is 17.1 Å². The summed E-state index contributed by atoms with van der Waals surface area (Å²) in [6, 6.07) is 7.59. The summed E-state index contributed by atoms with van der Waals surface area (Å²) in [5.74, 6) is -2.86. The van der Waals surface area contributed by atoms with Crippen LogP contribution in [0.3, 0.4) is 0 Å². The molecule has 3 saturated heterocycles. The van der Waals surface area contributed by atoms with Crippen molar-refractivity contribution in [3.05, 3.63) is 62.2 Å². The monoisotopic (exact) mass is 480 g/mol. The van der Waals surface area contributed by atoms with Gasteiger partial charge in [0.15, 0.2) is 0 Å². The zero-order valence-corrected chi connectivity index (χ0v) is 19.3. The van der Waals surface area contributed by atoms with Gasteiger partial charge in [0.05, 0.1) is 33.7 Å². The fourth-order valence-electron chi connectivity index (χ4n) is 6.68. The predicted octanol–water partition coefficient (Wildman–Crippen LogP) is 3.30. The SMILES string of the molecule is Cc1c(N2C(=O)C3C4CCCN4C4(C(=O)Nc5c4ccc(Cl)c5C)C3C2=O)cccc1[N+](=O)[O-]. The Hall–Kier alpha value is -3.30. The fraction of sp³-hybridized carbons (Fsp3) is 0.375. The molecule has 1 spiro atoms. The molecule has 174 valence electrons. The molecule has 0 radical (unpaired) electrons. The average Bonchev–Trinajstić information content (AvgIpc) is 3.50. The first-order valence-electron chi connectivity index (χ1n) is 11.2. The fourth-order valence-corrected chi connectivity index (χ4v) is 6.84. The van der Waals surface area contributed by atoms with Crippen molar-refractivity contribution in [1.29, 1.82) is 0 Å². The number of amides is 3. The molecule has 2 aromatic carbocycles. The molecule has 0 saturated carbocycles. The zero-order valence-electron chi connectivity index (χ0n) is 18.5. The smallest absolute Gasteiger partial charge is 0.274 e. The third kappa shape index (κ3) is 2.31. The Balaban J connectivity index is 1.56. The van der Waals surface area contributed by atoms with Crippen molar-refractivity contribution in [1.82, 2.24) is 4.90 Å². The highest BCUT2D eigenvalue weighted by Crippen LogP contribution is 2.61. The molecule has 0 aromatic heterocycles. The van der Waals surface area contributed by atoms with Crippen LogP contribution in [-0.4, -0.2) is 40.1 Å². The van der Waals surface area contributed by atoms with Gasteiger partial charge in [0.25, 0.3) is 5.69 Å². The Morgan fingerprint density at radius 2 is 1.88 bits per heavy atom. The molecule has 4 aliphatic heterocycles. The van der Waals surface area contributed by atoms with Crippen LogP contribution in [0.5, 0.6) is 0 Å². The molecule has 1 N–H and O–H groups in total. The number of carbonyl (C=O) groups excluding carboxylic acids is 3. The van der Waals surface area contributed by atoms with E-state index in [4.69, 9.17) is 11.6 Å². The van der Waals surface area contributed by atoms with Crippen LogP contribution in [0.25, 0.3) is 0 Å². The molecular formula is C24H21ClN4O5. The van der Waals surface area contributed by atoms with Gasteiger partial charge in [-0.05, 0) is 50.9 Å². The second-order valence-electron chi connectivity index (χ2n) is 9.41. The summed E-state index contributed by atoms with van der Waals surface area (Å²) in [4.78, 5) is 55.6. The van der Waals surface area contributed by atoms with E-state index in [1.54, 1.807) is 18.2 Å². The molecular weight excluding hydrogens is 460 g/mol. The highest BCUT2D eigenvalue weighted by atomic mass is 35.5. The highest BCUT2D eigenvalue weighted by Gasteiger charge is 2.74. The Bertz CT molecular complexity index is 1340. The van der Waals surface area contributed by atoms with Crippen LogP contribution in [0.1, 0.15) is 29.5 Å². The van der Waals surface area contributed by atoms with E-state index in [1.165, 1.54) is 19.1 Å². The van der Waals surface area contributed by atoms with E-state index in [2.05, 4.69) is 5.32 Å². The lowest BCUT2D eigenvalue weighted by Crippen LogP contribution is -2.54. The van der Waals surface area contributed by atoms with E-state index in [-0.39, 0.29) is 28.9 Å². The number of fused-ring (bicyclic) bond motifs is 7. The van der Waals surface area contributed by atoms with Crippen LogP contribution in [0, 0.1) is 35.8 Å². The summed E-state index contributed by atoms with van der Waals surface area (Å²) < 4.78 is 0. The molecule has 4 unspecified atom stereocenters. The maximum absolute atomic E-state index is 14.0. The maximum atomic E-state index is 14.0. The first kappa shape index (κ1) is 21.2. The maximum Gasteiger partial charge on any atom is 0.274 e. The van der Waals surface area contributed by atoms with Crippen molar-refractivity contribution in [3.63, 3.8) is 0 Å². The topological polar surface area (TPSA) is 113 Å². The van der Waals surface area contributed by atoms with Gasteiger partial charge in [-0.3, -0.25) is 29.4 Å². The molecule has 3 amide bonds. The quantitative estimate of drug-likeness (QED) is 0.401. The van der Waals surface area contributed by atoms with E-state index in [0.717, 1.165) is 11.3 Å². The average molecular weight is 481 g/mol. The molecule has 0 aliphatic carbocycles. The summed E-state index contributed by atoms with van der Waals surface area (Å²) >= 11 is 6.32. The van der Waals surface area contributed by atoms with Crippen molar-refractivity contribution in [2.24, 2.45) is 11.8 Å². The van der Waals surface area contributed by atoms with Crippen LogP contribution < -0.4 is 10.2 Å². The van der Waals surface area contributed by atoms with E-state index < -0.39 is 34.1 Å². The van der Waals surface area contributed by atoms with Crippen LogP contribution >= 0.6 is 11.6 Å². The van der Waals surface area contributed by atoms with Crippen LogP contribution in [0.2, 0.25) is 5.02 Å². The van der Waals surface area contributed by atoms with Gasteiger partial charge >= 0.3 is 0 Å². The van der Waals surface area contributed by atoms with Crippen molar-refractivity contribution in [2.45, 2.75) is 38.3 Å². The molecule has 2 aromatic rings. The van der Waals surface area contributed by atoms with Gasteiger partial charge in [0, 0.05) is 22.7 Å². The lowest BCUT2D eigenvalue weighted by atomic mass is 9.75. The minimum absolute atomic E-state index is 0.165. The van der Waals surface area contributed by atoms with Crippen molar-refractivity contribution in [2.75, 3.05) is 16.8 Å². The van der Waals surface area contributed by atoms with E-state index in [0.29, 0.717) is 34.8 Å². The molecule has 3 fully saturated rings.